The summed E-state index contributed by atoms with van der Waals surface area (Å²) in [7, 11) is 0. The SMILES string of the molecule is CCNC(=O)c1cc(C(=O)N[C@@H](C)/C=C/c2cnn(Cc3ccc(OC(F)(F)F)cc3)c2)ccn1. The zero-order valence-electron chi connectivity index (χ0n) is 19.0. The van der Waals surface area contributed by atoms with Crippen molar-refractivity contribution in [1.82, 2.24) is 25.4 Å². The molecule has 2 amide bonds. The van der Waals surface area contributed by atoms with E-state index >= 15 is 0 Å². The molecule has 11 heteroatoms. The Balaban J connectivity index is 1.54. The fourth-order valence-electron chi connectivity index (χ4n) is 3.08. The van der Waals surface area contributed by atoms with Crippen LogP contribution in [0.4, 0.5) is 13.2 Å². The zero-order valence-corrected chi connectivity index (χ0v) is 19.0. The monoisotopic (exact) mass is 487 g/mol. The molecule has 35 heavy (non-hydrogen) atoms. The largest absolute Gasteiger partial charge is 0.573 e. The number of hydrogen-bond donors (Lipinski definition) is 2. The lowest BCUT2D eigenvalue weighted by Crippen LogP contribution is -2.31. The number of halogens is 3. The lowest BCUT2D eigenvalue weighted by Gasteiger charge is -2.10. The average Bonchev–Trinajstić information content (AvgIpc) is 3.25. The number of nitrogens with zero attached hydrogens (tertiary/aromatic N) is 3. The number of rotatable bonds is 9. The third-order valence-electron chi connectivity index (χ3n) is 4.68. The molecule has 0 aliphatic heterocycles. The molecule has 0 aliphatic carbocycles. The van der Waals surface area contributed by atoms with E-state index in [4.69, 9.17) is 0 Å². The molecule has 0 unspecified atom stereocenters. The first-order valence-electron chi connectivity index (χ1n) is 10.7. The summed E-state index contributed by atoms with van der Waals surface area (Å²) < 4.78 is 42.3. The number of alkyl halides is 3. The van der Waals surface area contributed by atoms with Crippen LogP contribution in [0.2, 0.25) is 0 Å². The minimum Gasteiger partial charge on any atom is -0.406 e. The highest BCUT2D eigenvalue weighted by Crippen LogP contribution is 2.23. The number of carbonyl (C=O) groups is 2. The van der Waals surface area contributed by atoms with Gasteiger partial charge in [0, 0.05) is 36.1 Å². The van der Waals surface area contributed by atoms with Crippen LogP contribution < -0.4 is 15.4 Å². The maximum atomic E-state index is 12.5. The molecular formula is C24H24F3N5O3. The number of benzene rings is 1. The van der Waals surface area contributed by atoms with Gasteiger partial charge in [-0.05, 0) is 43.7 Å². The summed E-state index contributed by atoms with van der Waals surface area (Å²) in [6.45, 7) is 4.41. The molecule has 0 saturated carbocycles. The van der Waals surface area contributed by atoms with E-state index in [9.17, 15) is 22.8 Å². The predicted octanol–water partition coefficient (Wildman–Crippen LogP) is 3.81. The van der Waals surface area contributed by atoms with Crippen molar-refractivity contribution in [3.8, 4) is 5.75 Å². The summed E-state index contributed by atoms with van der Waals surface area (Å²) in [5.74, 6) is -0.977. The van der Waals surface area contributed by atoms with Crippen LogP contribution >= 0.6 is 0 Å². The maximum Gasteiger partial charge on any atom is 0.573 e. The predicted molar refractivity (Wildman–Crippen MR) is 123 cm³/mol. The molecule has 2 heterocycles. The van der Waals surface area contributed by atoms with E-state index in [0.717, 1.165) is 11.1 Å². The number of pyridine rings is 1. The summed E-state index contributed by atoms with van der Waals surface area (Å²) in [5.41, 5.74) is 2.02. The van der Waals surface area contributed by atoms with E-state index < -0.39 is 6.36 Å². The fourth-order valence-corrected chi connectivity index (χ4v) is 3.08. The Morgan fingerprint density at radius 3 is 2.60 bits per heavy atom. The first kappa shape index (κ1) is 25.5. The van der Waals surface area contributed by atoms with E-state index in [1.165, 1.54) is 42.6 Å². The lowest BCUT2D eigenvalue weighted by atomic mass is 10.2. The van der Waals surface area contributed by atoms with E-state index in [1.54, 1.807) is 43.1 Å². The second-order valence-corrected chi connectivity index (χ2v) is 7.57. The highest BCUT2D eigenvalue weighted by molar-refractivity contribution is 5.98. The normalized spacial score (nSPS) is 12.4. The van der Waals surface area contributed by atoms with Gasteiger partial charge in [-0.2, -0.15) is 5.10 Å². The first-order valence-corrected chi connectivity index (χ1v) is 10.7. The van der Waals surface area contributed by atoms with Crippen LogP contribution in [0, 0.1) is 0 Å². The number of amides is 2. The van der Waals surface area contributed by atoms with Crippen LogP contribution in [-0.4, -0.2) is 45.5 Å². The van der Waals surface area contributed by atoms with Gasteiger partial charge in [0.15, 0.2) is 0 Å². The molecule has 0 aliphatic rings. The van der Waals surface area contributed by atoms with Gasteiger partial charge in [-0.1, -0.05) is 24.3 Å². The Kier molecular flexibility index (Phi) is 8.24. The molecule has 0 saturated heterocycles. The van der Waals surface area contributed by atoms with Gasteiger partial charge in [-0.15, -0.1) is 13.2 Å². The summed E-state index contributed by atoms with van der Waals surface area (Å²) in [5, 5.41) is 9.71. The van der Waals surface area contributed by atoms with Crippen LogP contribution in [0.5, 0.6) is 5.75 Å². The van der Waals surface area contributed by atoms with Gasteiger partial charge in [0.2, 0.25) is 0 Å². The number of aromatic nitrogens is 3. The van der Waals surface area contributed by atoms with Crippen molar-refractivity contribution in [2.45, 2.75) is 32.8 Å². The van der Waals surface area contributed by atoms with Gasteiger partial charge in [0.05, 0.1) is 12.7 Å². The molecule has 0 radical (unpaired) electrons. The Bertz CT molecular complexity index is 1190. The van der Waals surface area contributed by atoms with Crippen molar-refractivity contribution in [1.29, 1.82) is 0 Å². The van der Waals surface area contributed by atoms with Crippen molar-refractivity contribution in [3.63, 3.8) is 0 Å². The van der Waals surface area contributed by atoms with Crippen LogP contribution in [0.25, 0.3) is 6.08 Å². The van der Waals surface area contributed by atoms with Crippen molar-refractivity contribution in [3.05, 3.63) is 83.4 Å². The van der Waals surface area contributed by atoms with Gasteiger partial charge in [-0.3, -0.25) is 19.3 Å². The smallest absolute Gasteiger partial charge is 0.406 e. The third kappa shape index (κ3) is 7.98. The molecule has 0 fully saturated rings. The van der Waals surface area contributed by atoms with Gasteiger partial charge >= 0.3 is 6.36 Å². The van der Waals surface area contributed by atoms with E-state index in [2.05, 4.69) is 25.5 Å². The van der Waals surface area contributed by atoms with Crippen molar-refractivity contribution in [2.75, 3.05) is 6.54 Å². The Morgan fingerprint density at radius 2 is 1.91 bits per heavy atom. The molecule has 2 N–H and O–H groups in total. The molecule has 0 spiro atoms. The second kappa shape index (κ2) is 11.3. The van der Waals surface area contributed by atoms with E-state index in [-0.39, 0.29) is 29.3 Å². The van der Waals surface area contributed by atoms with Crippen molar-refractivity contribution < 1.29 is 27.5 Å². The first-order chi connectivity index (χ1) is 16.6. The quantitative estimate of drug-likeness (QED) is 0.479. The van der Waals surface area contributed by atoms with Crippen LogP contribution in [-0.2, 0) is 6.54 Å². The van der Waals surface area contributed by atoms with Gasteiger partial charge in [0.25, 0.3) is 11.8 Å². The minimum absolute atomic E-state index is 0.164. The number of hydrogen-bond acceptors (Lipinski definition) is 5. The third-order valence-corrected chi connectivity index (χ3v) is 4.68. The second-order valence-electron chi connectivity index (χ2n) is 7.57. The average molecular weight is 487 g/mol. The van der Waals surface area contributed by atoms with Crippen LogP contribution in [0.1, 0.15) is 45.8 Å². The number of ether oxygens (including phenoxy) is 1. The summed E-state index contributed by atoms with van der Waals surface area (Å²) in [6, 6.07) is 8.22. The van der Waals surface area contributed by atoms with E-state index in [0.29, 0.717) is 18.7 Å². The Morgan fingerprint density at radius 1 is 1.17 bits per heavy atom. The lowest BCUT2D eigenvalue weighted by molar-refractivity contribution is -0.274. The molecule has 3 aromatic rings. The standard InChI is InChI=1S/C24H24F3N5O3/c1-3-28-23(34)21-12-19(10-11-29-21)22(33)31-16(2)4-5-18-13-30-32(15-18)14-17-6-8-20(9-7-17)35-24(25,26)27/h4-13,15-16H,3,14H2,1-2H3,(H,28,34)(H,31,33)/b5-4+/t16-/m0/s1. The molecule has 1 aromatic carbocycles. The molecule has 3 rings (SSSR count). The van der Waals surface area contributed by atoms with Crippen molar-refractivity contribution in [2.24, 2.45) is 0 Å². The molecule has 0 bridgehead atoms. The highest BCUT2D eigenvalue weighted by Gasteiger charge is 2.30. The van der Waals surface area contributed by atoms with Gasteiger partial charge in [0.1, 0.15) is 11.4 Å². The minimum atomic E-state index is -4.73. The van der Waals surface area contributed by atoms with E-state index in [1.807, 2.05) is 0 Å². The topological polar surface area (TPSA) is 98.1 Å². The maximum absolute atomic E-state index is 12.5. The van der Waals surface area contributed by atoms with Crippen LogP contribution in [0.15, 0.2) is 61.1 Å². The van der Waals surface area contributed by atoms with Crippen molar-refractivity contribution >= 4 is 17.9 Å². The molecule has 1 atom stereocenters. The molecular weight excluding hydrogens is 463 g/mol. The Hall–Kier alpha value is -4.15. The molecule has 184 valence electrons. The summed E-state index contributed by atoms with van der Waals surface area (Å²) >= 11 is 0. The van der Waals surface area contributed by atoms with Crippen LogP contribution in [0.3, 0.4) is 0 Å². The highest BCUT2D eigenvalue weighted by atomic mass is 19.4. The summed E-state index contributed by atoms with van der Waals surface area (Å²) in [6.07, 6.45) is 3.66. The Labute approximate surface area is 199 Å². The molecule has 8 nitrogen and oxygen atoms in total. The van der Waals surface area contributed by atoms with Gasteiger partial charge < -0.3 is 15.4 Å². The zero-order chi connectivity index (χ0) is 25.4. The molecule has 2 aromatic heterocycles. The van der Waals surface area contributed by atoms with Gasteiger partial charge in [-0.25, -0.2) is 0 Å². The fraction of sp³-hybridized carbons (Fsp3) is 0.250. The number of nitrogens with one attached hydrogen (secondary N) is 2. The number of carbonyl (C=O) groups excluding carboxylic acids is 2. The summed E-state index contributed by atoms with van der Waals surface area (Å²) in [4.78, 5) is 28.4.